The van der Waals surface area contributed by atoms with E-state index in [9.17, 15) is 0 Å². The molecule has 0 spiro atoms. The van der Waals surface area contributed by atoms with Gasteiger partial charge in [-0.1, -0.05) is 29.8 Å². The molecular formula is C17H12ClN3. The molecule has 3 rings (SSSR count). The minimum absolute atomic E-state index is 0.567. The normalized spacial score (nSPS) is 10.3. The Morgan fingerprint density at radius 1 is 1.10 bits per heavy atom. The Balaban J connectivity index is 1.93. The van der Waals surface area contributed by atoms with E-state index in [4.69, 9.17) is 16.9 Å². The number of nitrogens with one attached hydrogen (secondary N) is 1. The Kier molecular flexibility index (Phi) is 3.72. The van der Waals surface area contributed by atoms with Crippen molar-refractivity contribution in [2.75, 3.05) is 5.32 Å². The van der Waals surface area contributed by atoms with Gasteiger partial charge in [-0.2, -0.15) is 5.26 Å². The lowest BCUT2D eigenvalue weighted by Crippen LogP contribution is -2.02. The summed E-state index contributed by atoms with van der Waals surface area (Å²) in [6, 6.07) is 17.3. The van der Waals surface area contributed by atoms with Crippen LogP contribution in [0, 0.1) is 11.3 Å². The standard InChI is InChI=1S/C17H12ClN3/c18-15-7-8-16(17-14(15)6-3-9-20-17)21-11-13-5-2-1-4-12(13)10-19/h1-9,21H,11H2. The predicted molar refractivity (Wildman–Crippen MR) is 85.2 cm³/mol. The molecule has 0 amide bonds. The van der Waals surface area contributed by atoms with Crippen LogP contribution in [0.2, 0.25) is 5.02 Å². The molecule has 21 heavy (non-hydrogen) atoms. The number of nitrogens with zero attached hydrogens (tertiary/aromatic N) is 2. The van der Waals surface area contributed by atoms with Gasteiger partial charge in [0.05, 0.1) is 27.9 Å². The third kappa shape index (κ3) is 2.67. The van der Waals surface area contributed by atoms with Crippen LogP contribution >= 0.6 is 11.6 Å². The van der Waals surface area contributed by atoms with Crippen LogP contribution in [0.25, 0.3) is 10.9 Å². The monoisotopic (exact) mass is 293 g/mol. The highest BCUT2D eigenvalue weighted by Gasteiger charge is 2.06. The van der Waals surface area contributed by atoms with Crippen LogP contribution < -0.4 is 5.32 Å². The number of hydrogen-bond acceptors (Lipinski definition) is 3. The van der Waals surface area contributed by atoms with E-state index in [2.05, 4.69) is 16.4 Å². The van der Waals surface area contributed by atoms with Crippen LogP contribution in [0.5, 0.6) is 0 Å². The van der Waals surface area contributed by atoms with Crippen LogP contribution in [0.1, 0.15) is 11.1 Å². The highest BCUT2D eigenvalue weighted by molar-refractivity contribution is 6.35. The van der Waals surface area contributed by atoms with Crippen molar-refractivity contribution in [1.82, 2.24) is 4.98 Å². The van der Waals surface area contributed by atoms with Gasteiger partial charge in [-0.05, 0) is 35.9 Å². The number of pyridine rings is 1. The molecule has 0 bridgehead atoms. The first-order valence-corrected chi connectivity index (χ1v) is 6.92. The third-order valence-corrected chi connectivity index (χ3v) is 3.65. The second kappa shape index (κ2) is 5.82. The molecule has 3 aromatic rings. The molecular weight excluding hydrogens is 282 g/mol. The summed E-state index contributed by atoms with van der Waals surface area (Å²) >= 11 is 6.18. The van der Waals surface area contributed by atoms with E-state index < -0.39 is 0 Å². The van der Waals surface area contributed by atoms with Crippen molar-refractivity contribution in [3.05, 3.63) is 70.9 Å². The second-order valence-corrected chi connectivity index (χ2v) is 5.02. The molecule has 3 nitrogen and oxygen atoms in total. The zero-order valence-corrected chi connectivity index (χ0v) is 11.9. The zero-order chi connectivity index (χ0) is 14.7. The molecule has 1 aromatic heterocycles. The van der Waals surface area contributed by atoms with Crippen molar-refractivity contribution in [2.24, 2.45) is 0 Å². The zero-order valence-electron chi connectivity index (χ0n) is 11.2. The number of fused-ring (bicyclic) bond motifs is 1. The van der Waals surface area contributed by atoms with Crippen molar-refractivity contribution >= 4 is 28.2 Å². The molecule has 102 valence electrons. The van der Waals surface area contributed by atoms with Crippen molar-refractivity contribution in [3.8, 4) is 6.07 Å². The Morgan fingerprint density at radius 3 is 2.81 bits per heavy atom. The predicted octanol–water partition coefficient (Wildman–Crippen LogP) is 4.37. The van der Waals surface area contributed by atoms with Gasteiger partial charge < -0.3 is 5.32 Å². The molecule has 1 N–H and O–H groups in total. The highest BCUT2D eigenvalue weighted by atomic mass is 35.5. The Hall–Kier alpha value is -2.57. The summed E-state index contributed by atoms with van der Waals surface area (Å²) in [7, 11) is 0. The number of aromatic nitrogens is 1. The van der Waals surface area contributed by atoms with Gasteiger partial charge in [0, 0.05) is 18.1 Å². The Morgan fingerprint density at radius 2 is 1.95 bits per heavy atom. The maximum atomic E-state index is 9.12. The smallest absolute Gasteiger partial charge is 0.0995 e. The number of rotatable bonds is 3. The van der Waals surface area contributed by atoms with Crippen molar-refractivity contribution in [3.63, 3.8) is 0 Å². The first-order valence-electron chi connectivity index (χ1n) is 6.54. The third-order valence-electron chi connectivity index (χ3n) is 3.32. The maximum Gasteiger partial charge on any atom is 0.0995 e. The maximum absolute atomic E-state index is 9.12. The highest BCUT2D eigenvalue weighted by Crippen LogP contribution is 2.28. The molecule has 1 heterocycles. The molecule has 0 fully saturated rings. The summed E-state index contributed by atoms with van der Waals surface area (Å²) in [5, 5.41) is 14.0. The molecule has 0 aliphatic rings. The number of anilines is 1. The van der Waals surface area contributed by atoms with E-state index in [-0.39, 0.29) is 0 Å². The van der Waals surface area contributed by atoms with E-state index in [1.165, 1.54) is 0 Å². The summed E-state index contributed by atoms with van der Waals surface area (Å²) in [5.41, 5.74) is 3.37. The average Bonchev–Trinajstić information content (AvgIpc) is 2.55. The summed E-state index contributed by atoms with van der Waals surface area (Å²) in [5.74, 6) is 0. The SMILES string of the molecule is N#Cc1ccccc1CNc1ccc(Cl)c2cccnc12. The van der Waals surface area contributed by atoms with Crippen LogP contribution in [0.15, 0.2) is 54.7 Å². The number of benzene rings is 2. The lowest BCUT2D eigenvalue weighted by atomic mass is 10.1. The Labute approximate surface area is 127 Å². The molecule has 2 aromatic carbocycles. The van der Waals surface area contributed by atoms with Gasteiger partial charge >= 0.3 is 0 Å². The fourth-order valence-corrected chi connectivity index (χ4v) is 2.47. The van der Waals surface area contributed by atoms with Gasteiger partial charge in [-0.15, -0.1) is 0 Å². The van der Waals surface area contributed by atoms with E-state index in [0.29, 0.717) is 17.1 Å². The molecule has 0 unspecified atom stereocenters. The summed E-state index contributed by atoms with van der Waals surface area (Å²) in [6.07, 6.45) is 1.74. The number of halogens is 1. The largest absolute Gasteiger partial charge is 0.379 e. The minimum Gasteiger partial charge on any atom is -0.379 e. The number of hydrogen-bond donors (Lipinski definition) is 1. The quantitative estimate of drug-likeness (QED) is 0.780. The van der Waals surface area contributed by atoms with Crippen LogP contribution in [0.4, 0.5) is 5.69 Å². The lowest BCUT2D eigenvalue weighted by molar-refractivity contribution is 1.14. The second-order valence-electron chi connectivity index (χ2n) is 4.62. The molecule has 0 atom stereocenters. The summed E-state index contributed by atoms with van der Waals surface area (Å²) in [4.78, 5) is 4.38. The van der Waals surface area contributed by atoms with Gasteiger partial charge in [-0.25, -0.2) is 0 Å². The minimum atomic E-state index is 0.567. The van der Waals surface area contributed by atoms with Crippen LogP contribution in [0.3, 0.4) is 0 Å². The van der Waals surface area contributed by atoms with Gasteiger partial charge in [0.25, 0.3) is 0 Å². The van der Waals surface area contributed by atoms with Crippen molar-refractivity contribution in [1.29, 1.82) is 5.26 Å². The molecule has 0 aliphatic heterocycles. The summed E-state index contributed by atoms with van der Waals surface area (Å²) < 4.78 is 0. The van der Waals surface area contributed by atoms with E-state index in [1.54, 1.807) is 6.20 Å². The van der Waals surface area contributed by atoms with Gasteiger partial charge in [0.15, 0.2) is 0 Å². The van der Waals surface area contributed by atoms with Crippen molar-refractivity contribution < 1.29 is 0 Å². The van der Waals surface area contributed by atoms with E-state index in [0.717, 1.165) is 22.2 Å². The molecule has 0 saturated carbocycles. The lowest BCUT2D eigenvalue weighted by Gasteiger charge is -2.11. The molecule has 4 heteroatoms. The van der Waals surface area contributed by atoms with Gasteiger partial charge in [-0.3, -0.25) is 4.98 Å². The van der Waals surface area contributed by atoms with Crippen LogP contribution in [-0.2, 0) is 6.54 Å². The van der Waals surface area contributed by atoms with Gasteiger partial charge in [0.2, 0.25) is 0 Å². The molecule has 0 saturated heterocycles. The number of nitriles is 1. The first-order chi connectivity index (χ1) is 10.3. The molecule has 0 radical (unpaired) electrons. The van der Waals surface area contributed by atoms with Crippen LogP contribution in [-0.4, -0.2) is 4.98 Å². The topological polar surface area (TPSA) is 48.7 Å². The Bertz CT molecular complexity index is 837. The fraction of sp³-hybridized carbons (Fsp3) is 0.0588. The first kappa shape index (κ1) is 13.4. The average molecular weight is 294 g/mol. The van der Waals surface area contributed by atoms with E-state index >= 15 is 0 Å². The summed E-state index contributed by atoms with van der Waals surface area (Å²) in [6.45, 7) is 0.567. The molecule has 0 aliphatic carbocycles. The van der Waals surface area contributed by atoms with Crippen molar-refractivity contribution in [2.45, 2.75) is 6.54 Å². The fourth-order valence-electron chi connectivity index (χ4n) is 2.25. The van der Waals surface area contributed by atoms with Gasteiger partial charge in [0.1, 0.15) is 0 Å². The van der Waals surface area contributed by atoms with E-state index in [1.807, 2.05) is 48.5 Å².